The number of rotatable bonds is 5. The number of methoxy groups -OCH3 is 2. The average molecular weight is 340 g/mol. The Bertz CT molecular complexity index is 495. The third-order valence-electron chi connectivity index (χ3n) is 4.90. The third-order valence-corrected chi connectivity index (χ3v) is 5.59. The van der Waals surface area contributed by atoms with Crippen LogP contribution in [0.4, 0.5) is 0 Å². The lowest BCUT2D eigenvalue weighted by atomic mass is 9.89. The molecule has 2 aliphatic carbocycles. The summed E-state index contributed by atoms with van der Waals surface area (Å²) in [5.41, 5.74) is 1.27. The maximum absolute atomic E-state index is 5.45. The van der Waals surface area contributed by atoms with Crippen LogP contribution in [-0.2, 0) is 0 Å². The first-order valence-electron chi connectivity index (χ1n) is 7.26. The summed E-state index contributed by atoms with van der Waals surface area (Å²) in [6.07, 6.45) is 4.17. The SMILES string of the molecule is CNC(c1cc(OC)c(OC)cc1Br)C1CC2CC2C1. The van der Waals surface area contributed by atoms with Crippen LogP contribution >= 0.6 is 15.9 Å². The predicted molar refractivity (Wildman–Crippen MR) is 83.4 cm³/mol. The first kappa shape index (κ1) is 14.2. The van der Waals surface area contributed by atoms with Crippen molar-refractivity contribution >= 4 is 15.9 Å². The summed E-state index contributed by atoms with van der Waals surface area (Å²) in [5.74, 6) is 4.30. The summed E-state index contributed by atoms with van der Waals surface area (Å²) in [6.45, 7) is 0. The normalized spacial score (nSPS) is 28.9. The van der Waals surface area contributed by atoms with Crippen molar-refractivity contribution < 1.29 is 9.47 Å². The van der Waals surface area contributed by atoms with Crippen molar-refractivity contribution in [3.8, 4) is 11.5 Å². The molecule has 4 heteroatoms. The molecule has 3 rings (SSSR count). The number of halogens is 1. The molecule has 2 aliphatic rings. The van der Waals surface area contributed by atoms with Crippen molar-refractivity contribution in [2.75, 3.05) is 21.3 Å². The van der Waals surface area contributed by atoms with E-state index in [4.69, 9.17) is 9.47 Å². The molecule has 1 aromatic rings. The maximum Gasteiger partial charge on any atom is 0.161 e. The van der Waals surface area contributed by atoms with Gasteiger partial charge in [0.05, 0.1) is 14.2 Å². The minimum atomic E-state index is 0.386. The Balaban J connectivity index is 1.90. The average Bonchev–Trinajstić information content (AvgIpc) is 3.07. The molecule has 110 valence electrons. The molecule has 2 fully saturated rings. The first-order valence-corrected chi connectivity index (χ1v) is 8.05. The van der Waals surface area contributed by atoms with E-state index in [1.165, 1.54) is 24.8 Å². The number of hydrogen-bond acceptors (Lipinski definition) is 3. The molecule has 2 saturated carbocycles. The van der Waals surface area contributed by atoms with Gasteiger partial charge in [0.25, 0.3) is 0 Å². The van der Waals surface area contributed by atoms with Crippen LogP contribution in [0, 0.1) is 17.8 Å². The summed E-state index contributed by atoms with van der Waals surface area (Å²) in [5, 5.41) is 3.50. The van der Waals surface area contributed by atoms with Crippen LogP contribution in [0.25, 0.3) is 0 Å². The van der Waals surface area contributed by atoms with Crippen molar-refractivity contribution in [3.63, 3.8) is 0 Å². The predicted octanol–water partition coefficient (Wildman–Crippen LogP) is 3.77. The van der Waals surface area contributed by atoms with Gasteiger partial charge in [-0.15, -0.1) is 0 Å². The Morgan fingerprint density at radius 2 is 1.70 bits per heavy atom. The van der Waals surface area contributed by atoms with Crippen molar-refractivity contribution in [1.82, 2.24) is 5.32 Å². The Morgan fingerprint density at radius 1 is 1.10 bits per heavy atom. The van der Waals surface area contributed by atoms with Crippen molar-refractivity contribution in [2.24, 2.45) is 17.8 Å². The standard InChI is InChI=1S/C16H22BrNO2/c1-18-16(11-5-9-4-10(9)6-11)12-7-14(19-2)15(20-3)8-13(12)17/h7-11,16,18H,4-6H2,1-3H3. The van der Waals surface area contributed by atoms with E-state index < -0.39 is 0 Å². The monoisotopic (exact) mass is 339 g/mol. The highest BCUT2D eigenvalue weighted by Gasteiger charge is 2.48. The quantitative estimate of drug-likeness (QED) is 0.885. The van der Waals surface area contributed by atoms with E-state index in [-0.39, 0.29) is 0 Å². The molecule has 1 aromatic carbocycles. The zero-order valence-corrected chi connectivity index (χ0v) is 13.9. The number of fused-ring (bicyclic) bond motifs is 1. The Labute approximate surface area is 129 Å². The lowest BCUT2D eigenvalue weighted by molar-refractivity contribution is 0.343. The fourth-order valence-corrected chi connectivity index (χ4v) is 4.36. The summed E-state index contributed by atoms with van der Waals surface area (Å²) < 4.78 is 11.9. The molecule has 0 bridgehead atoms. The van der Waals surface area contributed by atoms with Gasteiger partial charge in [-0.2, -0.15) is 0 Å². The molecule has 3 atom stereocenters. The Hall–Kier alpha value is -0.740. The molecule has 0 amide bonds. The maximum atomic E-state index is 5.45. The second kappa shape index (κ2) is 5.57. The fraction of sp³-hybridized carbons (Fsp3) is 0.625. The minimum Gasteiger partial charge on any atom is -0.493 e. The molecular formula is C16H22BrNO2. The van der Waals surface area contributed by atoms with Gasteiger partial charge >= 0.3 is 0 Å². The third kappa shape index (κ3) is 2.44. The molecule has 0 aliphatic heterocycles. The van der Waals surface area contributed by atoms with Gasteiger partial charge in [0, 0.05) is 10.5 Å². The number of benzene rings is 1. The van der Waals surface area contributed by atoms with E-state index in [9.17, 15) is 0 Å². The van der Waals surface area contributed by atoms with Gasteiger partial charge < -0.3 is 14.8 Å². The lowest BCUT2D eigenvalue weighted by Gasteiger charge is -2.26. The van der Waals surface area contributed by atoms with Gasteiger partial charge in [-0.3, -0.25) is 0 Å². The molecule has 3 nitrogen and oxygen atoms in total. The van der Waals surface area contributed by atoms with Gasteiger partial charge in [-0.25, -0.2) is 0 Å². The molecule has 0 aromatic heterocycles. The highest BCUT2D eigenvalue weighted by atomic mass is 79.9. The van der Waals surface area contributed by atoms with Crippen LogP contribution in [0.5, 0.6) is 11.5 Å². The highest BCUT2D eigenvalue weighted by molar-refractivity contribution is 9.10. The van der Waals surface area contributed by atoms with E-state index in [0.717, 1.165) is 33.7 Å². The topological polar surface area (TPSA) is 30.5 Å². The smallest absolute Gasteiger partial charge is 0.161 e. The highest BCUT2D eigenvalue weighted by Crippen LogP contribution is 2.57. The van der Waals surface area contributed by atoms with Crippen LogP contribution in [0.15, 0.2) is 16.6 Å². The molecule has 20 heavy (non-hydrogen) atoms. The molecule has 0 heterocycles. The van der Waals surface area contributed by atoms with Gasteiger partial charge in [0.15, 0.2) is 11.5 Å². The van der Waals surface area contributed by atoms with Gasteiger partial charge in [0.1, 0.15) is 0 Å². The number of ether oxygens (including phenoxy) is 2. The second-order valence-corrected chi connectivity index (χ2v) is 6.84. The van der Waals surface area contributed by atoms with Crippen LogP contribution < -0.4 is 14.8 Å². The van der Waals surface area contributed by atoms with E-state index in [0.29, 0.717) is 6.04 Å². The zero-order valence-electron chi connectivity index (χ0n) is 12.3. The minimum absolute atomic E-state index is 0.386. The van der Waals surface area contributed by atoms with Crippen molar-refractivity contribution in [3.05, 3.63) is 22.2 Å². The van der Waals surface area contributed by atoms with E-state index >= 15 is 0 Å². The van der Waals surface area contributed by atoms with Crippen LogP contribution in [0.1, 0.15) is 30.9 Å². The van der Waals surface area contributed by atoms with Crippen LogP contribution in [0.2, 0.25) is 0 Å². The summed E-state index contributed by atoms with van der Waals surface area (Å²) >= 11 is 3.69. The Morgan fingerprint density at radius 3 is 2.25 bits per heavy atom. The molecule has 0 saturated heterocycles. The molecule has 0 radical (unpaired) electrons. The van der Waals surface area contributed by atoms with Gasteiger partial charge in [-0.05, 0) is 61.8 Å². The van der Waals surface area contributed by atoms with Gasteiger partial charge in [-0.1, -0.05) is 15.9 Å². The molecular weight excluding hydrogens is 318 g/mol. The van der Waals surface area contributed by atoms with E-state index in [2.05, 4.69) is 34.4 Å². The summed E-state index contributed by atoms with van der Waals surface area (Å²) in [6, 6.07) is 4.50. The Kier molecular flexibility index (Phi) is 3.95. The fourth-order valence-electron chi connectivity index (χ4n) is 3.79. The summed E-state index contributed by atoms with van der Waals surface area (Å²) in [7, 11) is 5.41. The van der Waals surface area contributed by atoms with E-state index in [1.54, 1.807) is 14.2 Å². The second-order valence-electron chi connectivity index (χ2n) is 5.98. The zero-order chi connectivity index (χ0) is 14.3. The van der Waals surface area contributed by atoms with Gasteiger partial charge in [0.2, 0.25) is 0 Å². The molecule has 3 unspecified atom stereocenters. The number of nitrogens with one attached hydrogen (secondary N) is 1. The first-order chi connectivity index (χ1) is 9.67. The molecule has 0 spiro atoms. The summed E-state index contributed by atoms with van der Waals surface area (Å²) in [4.78, 5) is 0. The van der Waals surface area contributed by atoms with Crippen LogP contribution in [0.3, 0.4) is 0 Å². The number of hydrogen-bond donors (Lipinski definition) is 1. The lowest BCUT2D eigenvalue weighted by Crippen LogP contribution is -2.25. The van der Waals surface area contributed by atoms with Crippen molar-refractivity contribution in [2.45, 2.75) is 25.3 Å². The van der Waals surface area contributed by atoms with Crippen LogP contribution in [-0.4, -0.2) is 21.3 Å². The van der Waals surface area contributed by atoms with E-state index in [1.807, 2.05) is 6.07 Å². The molecule has 1 N–H and O–H groups in total. The largest absolute Gasteiger partial charge is 0.493 e. The van der Waals surface area contributed by atoms with Crippen molar-refractivity contribution in [1.29, 1.82) is 0 Å².